The van der Waals surface area contributed by atoms with Crippen molar-refractivity contribution in [1.29, 1.82) is 0 Å². The molecule has 1 aromatic rings. The van der Waals surface area contributed by atoms with Gasteiger partial charge in [0.15, 0.2) is 5.78 Å². The maximum absolute atomic E-state index is 11.7. The van der Waals surface area contributed by atoms with E-state index in [4.69, 9.17) is 11.6 Å². The van der Waals surface area contributed by atoms with E-state index in [0.29, 0.717) is 6.04 Å². The molecule has 2 atom stereocenters. The Bertz CT molecular complexity index is 509. The molecule has 0 amide bonds. The number of nitrogens with zero attached hydrogens (tertiary/aromatic N) is 1. The minimum Gasteiger partial charge on any atom is -0.344 e. The molecule has 0 aliphatic carbocycles. The van der Waals surface area contributed by atoms with Crippen molar-refractivity contribution in [2.75, 3.05) is 4.90 Å². The smallest absolute Gasteiger partial charge is 0.162 e. The van der Waals surface area contributed by atoms with Crippen LogP contribution in [0.25, 0.3) is 0 Å². The van der Waals surface area contributed by atoms with Crippen molar-refractivity contribution in [2.24, 2.45) is 5.92 Å². The summed E-state index contributed by atoms with van der Waals surface area (Å²) < 4.78 is 0. The Labute approximate surface area is 106 Å². The number of allylic oxidation sites excluding steroid dienone is 1. The van der Waals surface area contributed by atoms with Crippen LogP contribution in [0.1, 0.15) is 18.9 Å². The van der Waals surface area contributed by atoms with Crippen molar-refractivity contribution in [2.45, 2.75) is 25.8 Å². The fourth-order valence-electron chi connectivity index (χ4n) is 2.80. The fourth-order valence-corrected chi connectivity index (χ4v) is 3.00. The highest BCUT2D eigenvalue weighted by molar-refractivity contribution is 6.30. The first-order valence-corrected chi connectivity index (χ1v) is 6.33. The third kappa shape index (κ3) is 1.67. The third-order valence-corrected chi connectivity index (χ3v) is 4.05. The first kappa shape index (κ1) is 10.8. The maximum Gasteiger partial charge on any atom is 0.162 e. The molecule has 0 spiro atoms. The molecule has 1 aromatic carbocycles. The van der Waals surface area contributed by atoms with E-state index in [1.54, 1.807) is 6.08 Å². The Morgan fingerprint density at radius 1 is 1.41 bits per heavy atom. The van der Waals surface area contributed by atoms with Gasteiger partial charge in [-0.3, -0.25) is 4.79 Å². The quantitative estimate of drug-likeness (QED) is 0.702. The average molecular weight is 248 g/mol. The molecule has 2 aliphatic rings. The summed E-state index contributed by atoms with van der Waals surface area (Å²) in [6.07, 6.45) is 5.62. The largest absolute Gasteiger partial charge is 0.344 e. The standard InChI is InChI=1S/C14H14ClNO/c1-9-12-4-2-10-8-11(15)3-5-13(10)16(12)7-6-14(9)17/h3,5-9,12H,2,4H2,1H3/t9-,12+/m1/s1. The molecule has 0 fully saturated rings. The number of rotatable bonds is 0. The lowest BCUT2D eigenvalue weighted by atomic mass is 9.84. The van der Waals surface area contributed by atoms with E-state index >= 15 is 0 Å². The molecular formula is C14H14ClNO. The molecule has 3 heteroatoms. The van der Waals surface area contributed by atoms with Crippen LogP contribution in [0.3, 0.4) is 0 Å². The van der Waals surface area contributed by atoms with Crippen LogP contribution in [0.2, 0.25) is 5.02 Å². The van der Waals surface area contributed by atoms with E-state index in [-0.39, 0.29) is 11.7 Å². The van der Waals surface area contributed by atoms with Gasteiger partial charge < -0.3 is 4.90 Å². The van der Waals surface area contributed by atoms with Gasteiger partial charge in [-0.05, 0) is 42.7 Å². The molecule has 0 saturated heterocycles. The molecule has 0 N–H and O–H groups in total. The van der Waals surface area contributed by atoms with Gasteiger partial charge in [-0.1, -0.05) is 18.5 Å². The van der Waals surface area contributed by atoms with Gasteiger partial charge in [0, 0.05) is 28.9 Å². The molecule has 2 aliphatic heterocycles. The summed E-state index contributed by atoms with van der Waals surface area (Å²) in [5.74, 6) is 0.326. The lowest BCUT2D eigenvalue weighted by Crippen LogP contribution is -2.45. The van der Waals surface area contributed by atoms with E-state index in [0.717, 1.165) is 17.9 Å². The van der Waals surface area contributed by atoms with Crippen LogP contribution in [-0.4, -0.2) is 11.8 Å². The summed E-state index contributed by atoms with van der Waals surface area (Å²) in [6.45, 7) is 2.02. The van der Waals surface area contributed by atoms with Crippen LogP contribution in [0.15, 0.2) is 30.5 Å². The zero-order chi connectivity index (χ0) is 12.0. The maximum atomic E-state index is 11.7. The molecule has 17 heavy (non-hydrogen) atoms. The van der Waals surface area contributed by atoms with E-state index < -0.39 is 0 Å². The number of ketones is 1. The third-order valence-electron chi connectivity index (χ3n) is 3.81. The highest BCUT2D eigenvalue weighted by Crippen LogP contribution is 2.37. The van der Waals surface area contributed by atoms with Gasteiger partial charge in [0.25, 0.3) is 0 Å². The SMILES string of the molecule is C[C@H]1C(=O)C=CN2c3ccc(Cl)cc3CC[C@@H]12. The average Bonchev–Trinajstić information content (AvgIpc) is 2.33. The zero-order valence-corrected chi connectivity index (χ0v) is 10.4. The van der Waals surface area contributed by atoms with Gasteiger partial charge in [0.2, 0.25) is 0 Å². The van der Waals surface area contributed by atoms with E-state index in [9.17, 15) is 4.79 Å². The Balaban J connectivity index is 2.07. The second kappa shape index (κ2) is 3.88. The van der Waals surface area contributed by atoms with Gasteiger partial charge in [0.05, 0.1) is 0 Å². The Morgan fingerprint density at radius 3 is 3.06 bits per heavy atom. The minimum absolute atomic E-state index is 0.0869. The highest BCUT2D eigenvalue weighted by Gasteiger charge is 2.34. The van der Waals surface area contributed by atoms with E-state index in [1.807, 2.05) is 25.3 Å². The second-order valence-corrected chi connectivity index (χ2v) is 5.23. The molecule has 2 heterocycles. The van der Waals surface area contributed by atoms with E-state index in [2.05, 4.69) is 11.0 Å². The number of fused-ring (bicyclic) bond motifs is 3. The predicted molar refractivity (Wildman–Crippen MR) is 69.4 cm³/mol. The number of carbonyl (C=O) groups is 1. The van der Waals surface area contributed by atoms with Gasteiger partial charge >= 0.3 is 0 Å². The van der Waals surface area contributed by atoms with Crippen molar-refractivity contribution in [1.82, 2.24) is 0 Å². The zero-order valence-electron chi connectivity index (χ0n) is 9.69. The predicted octanol–water partition coefficient (Wildman–Crippen LogP) is 3.19. The summed E-state index contributed by atoms with van der Waals surface area (Å²) in [5, 5.41) is 0.785. The van der Waals surface area contributed by atoms with Crippen LogP contribution >= 0.6 is 11.6 Å². The molecule has 0 bridgehead atoms. The first-order valence-electron chi connectivity index (χ1n) is 5.95. The van der Waals surface area contributed by atoms with Gasteiger partial charge in [-0.2, -0.15) is 0 Å². The van der Waals surface area contributed by atoms with E-state index in [1.165, 1.54) is 11.3 Å². The van der Waals surface area contributed by atoms with Crippen molar-refractivity contribution in [3.8, 4) is 0 Å². The molecule has 88 valence electrons. The van der Waals surface area contributed by atoms with Gasteiger partial charge in [-0.25, -0.2) is 0 Å². The summed E-state index contributed by atoms with van der Waals surface area (Å²) in [6, 6.07) is 6.30. The Hall–Kier alpha value is -1.28. The number of aryl methyl sites for hydroxylation is 1. The molecule has 0 saturated carbocycles. The highest BCUT2D eigenvalue weighted by atomic mass is 35.5. The number of carbonyl (C=O) groups excluding carboxylic acids is 1. The summed E-state index contributed by atoms with van der Waals surface area (Å²) >= 11 is 6.01. The monoisotopic (exact) mass is 247 g/mol. The van der Waals surface area contributed by atoms with Crippen LogP contribution in [0.4, 0.5) is 5.69 Å². The summed E-state index contributed by atoms with van der Waals surface area (Å²) in [4.78, 5) is 13.9. The normalized spacial score (nSPS) is 26.7. The van der Waals surface area contributed by atoms with Crippen molar-refractivity contribution in [3.05, 3.63) is 41.1 Å². The van der Waals surface area contributed by atoms with Crippen molar-refractivity contribution in [3.63, 3.8) is 0 Å². The van der Waals surface area contributed by atoms with Crippen molar-refractivity contribution < 1.29 is 4.79 Å². The van der Waals surface area contributed by atoms with Gasteiger partial charge in [0.1, 0.15) is 0 Å². The lowest BCUT2D eigenvalue weighted by Gasteiger charge is -2.41. The second-order valence-electron chi connectivity index (χ2n) is 4.79. The molecule has 3 rings (SSSR count). The topological polar surface area (TPSA) is 20.3 Å². The minimum atomic E-state index is 0.0869. The fraction of sp³-hybridized carbons (Fsp3) is 0.357. The van der Waals surface area contributed by atoms with Crippen molar-refractivity contribution >= 4 is 23.1 Å². The number of anilines is 1. The number of halogens is 1. The van der Waals surface area contributed by atoms with Crippen LogP contribution in [-0.2, 0) is 11.2 Å². The summed E-state index contributed by atoms with van der Waals surface area (Å²) in [7, 11) is 0. The number of benzene rings is 1. The first-order chi connectivity index (χ1) is 8.16. The number of hydrogen-bond donors (Lipinski definition) is 0. The molecule has 0 aromatic heterocycles. The van der Waals surface area contributed by atoms with Crippen LogP contribution < -0.4 is 4.90 Å². The molecule has 0 unspecified atom stereocenters. The number of hydrogen-bond acceptors (Lipinski definition) is 2. The van der Waals surface area contributed by atoms with Crippen LogP contribution in [0.5, 0.6) is 0 Å². The molecular weight excluding hydrogens is 234 g/mol. The Morgan fingerprint density at radius 2 is 2.24 bits per heavy atom. The van der Waals surface area contributed by atoms with Crippen LogP contribution in [0, 0.1) is 5.92 Å². The molecule has 2 nitrogen and oxygen atoms in total. The van der Waals surface area contributed by atoms with Gasteiger partial charge in [-0.15, -0.1) is 0 Å². The Kier molecular flexibility index (Phi) is 2.48. The lowest BCUT2D eigenvalue weighted by molar-refractivity contribution is -0.118. The summed E-state index contributed by atoms with van der Waals surface area (Å²) in [5.41, 5.74) is 2.47. The molecule has 0 radical (unpaired) electrons.